The smallest absolute Gasteiger partial charge is 0.259 e. The van der Waals surface area contributed by atoms with E-state index in [2.05, 4.69) is 15.8 Å². The van der Waals surface area contributed by atoms with Crippen LogP contribution < -0.4 is 20.2 Å². The summed E-state index contributed by atoms with van der Waals surface area (Å²) in [7, 11) is 0. The Morgan fingerprint density at radius 1 is 1.11 bits per heavy atom. The van der Waals surface area contributed by atoms with E-state index in [1.807, 2.05) is 29.6 Å². The maximum atomic E-state index is 12.2. The first kappa shape index (κ1) is 18.0. The van der Waals surface area contributed by atoms with Crippen LogP contribution in [-0.2, 0) is 4.79 Å². The highest BCUT2D eigenvalue weighted by Crippen LogP contribution is 2.30. The van der Waals surface area contributed by atoms with Crippen LogP contribution in [0.2, 0.25) is 0 Å². The number of fused-ring (bicyclic) bond motifs is 2. The molecule has 142 valence electrons. The van der Waals surface area contributed by atoms with E-state index >= 15 is 0 Å². The van der Waals surface area contributed by atoms with Gasteiger partial charge in [0.25, 0.3) is 11.8 Å². The number of nitrogens with zero attached hydrogens (tertiary/aromatic N) is 1. The summed E-state index contributed by atoms with van der Waals surface area (Å²) in [6, 6.07) is 12.9. The number of hydrogen-bond acceptors (Lipinski definition) is 6. The topological polar surface area (TPSA) is 89.0 Å². The number of hydrazone groups is 1. The first-order valence-corrected chi connectivity index (χ1v) is 9.54. The van der Waals surface area contributed by atoms with Crippen molar-refractivity contribution >= 4 is 39.5 Å². The third-order valence-electron chi connectivity index (χ3n) is 4.12. The molecule has 1 aliphatic rings. The quantitative estimate of drug-likeness (QED) is 0.513. The number of nitrogens with one attached hydrogen (secondary N) is 2. The van der Waals surface area contributed by atoms with Crippen molar-refractivity contribution in [2.24, 2.45) is 5.10 Å². The van der Waals surface area contributed by atoms with E-state index in [0.717, 1.165) is 15.6 Å². The summed E-state index contributed by atoms with van der Waals surface area (Å²) in [6.45, 7) is 0.743. The van der Waals surface area contributed by atoms with Crippen LogP contribution in [-0.4, -0.2) is 37.8 Å². The summed E-state index contributed by atoms with van der Waals surface area (Å²) in [4.78, 5) is 24.1. The summed E-state index contributed by atoms with van der Waals surface area (Å²) in [5, 5.41) is 9.58. The van der Waals surface area contributed by atoms with Crippen molar-refractivity contribution < 1.29 is 19.1 Å². The second-order valence-electron chi connectivity index (χ2n) is 6.02. The molecule has 0 fully saturated rings. The number of carbonyl (C=O) groups excluding carboxylic acids is 2. The molecule has 0 bridgehead atoms. The lowest BCUT2D eigenvalue weighted by molar-refractivity contribution is -0.120. The van der Waals surface area contributed by atoms with Gasteiger partial charge in [-0.2, -0.15) is 5.10 Å². The Hall–Kier alpha value is -3.39. The molecule has 1 aliphatic heterocycles. The molecule has 2 amide bonds. The Morgan fingerprint density at radius 2 is 1.93 bits per heavy atom. The Bertz CT molecular complexity index is 1060. The van der Waals surface area contributed by atoms with Gasteiger partial charge in [0.15, 0.2) is 11.5 Å². The SMILES string of the molecule is O=C(CNC(=O)c1ccc2c(c1)OCCO2)NN=Cc1csc2ccccc12. The van der Waals surface area contributed by atoms with E-state index in [1.54, 1.807) is 35.8 Å². The maximum absolute atomic E-state index is 12.2. The third-order valence-corrected chi connectivity index (χ3v) is 5.10. The van der Waals surface area contributed by atoms with Gasteiger partial charge in [0.2, 0.25) is 0 Å². The van der Waals surface area contributed by atoms with E-state index in [1.165, 1.54) is 0 Å². The highest BCUT2D eigenvalue weighted by molar-refractivity contribution is 7.17. The normalized spacial score (nSPS) is 12.9. The van der Waals surface area contributed by atoms with E-state index in [9.17, 15) is 9.59 Å². The molecule has 7 nitrogen and oxygen atoms in total. The molecular weight excluding hydrogens is 378 g/mol. The molecule has 4 rings (SSSR count). The molecule has 3 aromatic rings. The molecular formula is C20H17N3O4S. The number of ether oxygens (including phenoxy) is 2. The van der Waals surface area contributed by atoms with Gasteiger partial charge in [0.1, 0.15) is 13.2 Å². The summed E-state index contributed by atoms with van der Waals surface area (Å²) in [6.07, 6.45) is 1.60. The largest absolute Gasteiger partial charge is 0.486 e. The van der Waals surface area contributed by atoms with E-state index < -0.39 is 5.91 Å². The van der Waals surface area contributed by atoms with Crippen LogP contribution in [0, 0.1) is 0 Å². The van der Waals surface area contributed by atoms with Gasteiger partial charge in [0, 0.05) is 26.6 Å². The predicted molar refractivity (Wildman–Crippen MR) is 107 cm³/mol. The zero-order valence-electron chi connectivity index (χ0n) is 14.8. The van der Waals surface area contributed by atoms with Gasteiger partial charge in [-0.3, -0.25) is 9.59 Å². The van der Waals surface area contributed by atoms with E-state index in [0.29, 0.717) is 30.3 Å². The first-order chi connectivity index (χ1) is 13.7. The lowest BCUT2D eigenvalue weighted by Gasteiger charge is -2.18. The number of amides is 2. The summed E-state index contributed by atoms with van der Waals surface area (Å²) in [5.41, 5.74) is 3.74. The van der Waals surface area contributed by atoms with E-state index in [4.69, 9.17) is 9.47 Å². The van der Waals surface area contributed by atoms with Crippen LogP contribution in [0.4, 0.5) is 0 Å². The van der Waals surface area contributed by atoms with Gasteiger partial charge in [0.05, 0.1) is 12.8 Å². The molecule has 0 saturated heterocycles. The highest BCUT2D eigenvalue weighted by Gasteiger charge is 2.15. The fraction of sp³-hybridized carbons (Fsp3) is 0.150. The molecule has 0 atom stereocenters. The van der Waals surface area contributed by atoms with Crippen LogP contribution in [0.1, 0.15) is 15.9 Å². The maximum Gasteiger partial charge on any atom is 0.259 e. The van der Waals surface area contributed by atoms with Crippen molar-refractivity contribution in [2.45, 2.75) is 0 Å². The number of benzene rings is 2. The average Bonchev–Trinajstić information content (AvgIpc) is 3.15. The molecule has 0 unspecified atom stereocenters. The molecule has 0 spiro atoms. The zero-order chi connectivity index (χ0) is 19.3. The number of hydrogen-bond donors (Lipinski definition) is 2. The second-order valence-corrected chi connectivity index (χ2v) is 6.93. The number of carbonyl (C=O) groups is 2. The molecule has 28 heavy (non-hydrogen) atoms. The standard InChI is InChI=1S/C20H17N3O4S/c24-19(23-22-10-14-12-28-18-4-2-1-3-15(14)18)11-21-20(25)13-5-6-16-17(9-13)27-8-7-26-16/h1-6,9-10,12H,7-8,11H2,(H,21,25)(H,23,24). The Morgan fingerprint density at radius 3 is 2.82 bits per heavy atom. The summed E-state index contributed by atoms with van der Waals surface area (Å²) >= 11 is 1.61. The number of rotatable bonds is 5. The fourth-order valence-electron chi connectivity index (χ4n) is 2.76. The molecule has 0 aliphatic carbocycles. The van der Waals surface area contributed by atoms with Gasteiger partial charge >= 0.3 is 0 Å². The molecule has 2 N–H and O–H groups in total. The zero-order valence-corrected chi connectivity index (χ0v) is 15.6. The van der Waals surface area contributed by atoms with Crippen molar-refractivity contribution in [3.63, 3.8) is 0 Å². The molecule has 1 aromatic heterocycles. The Kier molecular flexibility index (Phi) is 5.20. The lowest BCUT2D eigenvalue weighted by Crippen LogP contribution is -2.35. The van der Waals surface area contributed by atoms with Gasteiger partial charge in [-0.25, -0.2) is 5.43 Å². The minimum Gasteiger partial charge on any atom is -0.486 e. The average molecular weight is 395 g/mol. The van der Waals surface area contributed by atoms with Crippen molar-refractivity contribution in [1.82, 2.24) is 10.7 Å². The molecule has 0 saturated carbocycles. The molecule has 2 heterocycles. The van der Waals surface area contributed by atoms with Crippen LogP contribution in [0.3, 0.4) is 0 Å². The van der Waals surface area contributed by atoms with E-state index in [-0.39, 0.29) is 12.5 Å². The molecule has 0 radical (unpaired) electrons. The second kappa shape index (κ2) is 8.10. The Balaban J connectivity index is 1.30. The summed E-state index contributed by atoms with van der Waals surface area (Å²) < 4.78 is 12.0. The minimum atomic E-state index is -0.415. The van der Waals surface area contributed by atoms with Gasteiger partial charge in [-0.15, -0.1) is 11.3 Å². The van der Waals surface area contributed by atoms with Crippen LogP contribution in [0.25, 0.3) is 10.1 Å². The number of thiophene rings is 1. The van der Waals surface area contributed by atoms with Crippen LogP contribution in [0.15, 0.2) is 52.9 Å². The van der Waals surface area contributed by atoms with Gasteiger partial charge in [-0.05, 0) is 24.3 Å². The highest BCUT2D eigenvalue weighted by atomic mass is 32.1. The Labute approximate surface area is 165 Å². The van der Waals surface area contributed by atoms with Crippen LogP contribution in [0.5, 0.6) is 11.5 Å². The van der Waals surface area contributed by atoms with Gasteiger partial charge < -0.3 is 14.8 Å². The van der Waals surface area contributed by atoms with Crippen molar-refractivity contribution in [3.8, 4) is 11.5 Å². The van der Waals surface area contributed by atoms with Crippen molar-refractivity contribution in [1.29, 1.82) is 0 Å². The molecule has 2 aromatic carbocycles. The van der Waals surface area contributed by atoms with Gasteiger partial charge in [-0.1, -0.05) is 18.2 Å². The predicted octanol–water partition coefficient (Wildman–Crippen LogP) is 2.55. The first-order valence-electron chi connectivity index (χ1n) is 8.67. The fourth-order valence-corrected chi connectivity index (χ4v) is 3.67. The summed E-state index contributed by atoms with van der Waals surface area (Å²) in [5.74, 6) is 0.341. The monoisotopic (exact) mass is 395 g/mol. The lowest BCUT2D eigenvalue weighted by atomic mass is 10.2. The van der Waals surface area contributed by atoms with Crippen molar-refractivity contribution in [3.05, 3.63) is 59.0 Å². The van der Waals surface area contributed by atoms with Crippen molar-refractivity contribution in [2.75, 3.05) is 19.8 Å². The minimum absolute atomic E-state index is 0.186. The molecule has 8 heteroatoms. The van der Waals surface area contributed by atoms with Crippen LogP contribution >= 0.6 is 11.3 Å². The third kappa shape index (κ3) is 3.96.